The van der Waals surface area contributed by atoms with Crippen molar-refractivity contribution in [3.63, 3.8) is 0 Å². The summed E-state index contributed by atoms with van der Waals surface area (Å²) in [7, 11) is 0. The van der Waals surface area contributed by atoms with E-state index < -0.39 is 0 Å². The van der Waals surface area contributed by atoms with E-state index in [2.05, 4.69) is 24.3 Å². The minimum atomic E-state index is -0.222. The first-order valence-corrected chi connectivity index (χ1v) is 9.46. The lowest BCUT2D eigenvalue weighted by atomic mass is 9.89. The predicted molar refractivity (Wildman–Crippen MR) is 101 cm³/mol. The van der Waals surface area contributed by atoms with E-state index in [9.17, 15) is 9.59 Å². The Morgan fingerprint density at radius 2 is 1.58 bits per heavy atom. The summed E-state index contributed by atoms with van der Waals surface area (Å²) in [4.78, 5) is 28.1. The zero-order valence-electron chi connectivity index (χ0n) is 15.2. The number of aryl methyl sites for hydroxylation is 1. The Bertz CT molecular complexity index is 793. The second-order valence-electron chi connectivity index (χ2n) is 7.50. The maximum Gasteiger partial charge on any atom is 0.292 e. The van der Waals surface area contributed by atoms with E-state index in [1.165, 1.54) is 15.4 Å². The summed E-state index contributed by atoms with van der Waals surface area (Å²) in [6, 6.07) is 18.0. The van der Waals surface area contributed by atoms with Crippen molar-refractivity contribution in [2.45, 2.75) is 38.1 Å². The molecule has 0 saturated carbocycles. The first kappa shape index (κ1) is 17.0. The number of benzene rings is 2. The number of carbonyl (C=O) groups is 2. The summed E-state index contributed by atoms with van der Waals surface area (Å²) >= 11 is 0. The molecule has 0 spiro atoms. The van der Waals surface area contributed by atoms with Gasteiger partial charge in [-0.1, -0.05) is 48.0 Å². The molecule has 2 fully saturated rings. The zero-order valence-corrected chi connectivity index (χ0v) is 15.2. The van der Waals surface area contributed by atoms with Gasteiger partial charge >= 0.3 is 0 Å². The molecule has 2 aliphatic heterocycles. The van der Waals surface area contributed by atoms with E-state index in [1.807, 2.05) is 37.3 Å². The molecule has 0 aliphatic carbocycles. The Morgan fingerprint density at radius 1 is 0.923 bits per heavy atom. The molecule has 2 aliphatic rings. The zero-order chi connectivity index (χ0) is 18.1. The fraction of sp³-hybridized carbons (Fsp3) is 0.364. The third kappa shape index (κ3) is 3.17. The molecule has 4 heteroatoms. The molecular weight excluding hydrogens is 324 g/mol. The molecule has 2 aromatic rings. The molecule has 4 nitrogen and oxygen atoms in total. The standard InChI is InChI=1S/C22H24N2O2/c1-16-7-9-19(10-8-16)24-21(25)15-20(22(24)26)23-13-11-18(12-14-23)17-5-3-2-4-6-17/h2-10,18,20H,11-15H2,1H3/p+1/t20-/m1/s1. The number of likely N-dealkylation sites (tertiary alicyclic amines) is 1. The molecule has 0 radical (unpaired) electrons. The van der Waals surface area contributed by atoms with Gasteiger partial charge in [-0.25, -0.2) is 4.90 Å². The van der Waals surface area contributed by atoms with Crippen LogP contribution in [0, 0.1) is 6.92 Å². The summed E-state index contributed by atoms with van der Waals surface area (Å²) in [5.41, 5.74) is 3.21. The lowest BCUT2D eigenvalue weighted by molar-refractivity contribution is -0.920. The first-order chi connectivity index (χ1) is 12.6. The van der Waals surface area contributed by atoms with Gasteiger partial charge in [0.2, 0.25) is 5.91 Å². The van der Waals surface area contributed by atoms with Crippen molar-refractivity contribution in [3.8, 4) is 0 Å². The molecule has 0 aromatic heterocycles. The van der Waals surface area contributed by atoms with Crippen LogP contribution in [0.5, 0.6) is 0 Å². The average molecular weight is 349 g/mol. The Balaban J connectivity index is 1.44. The highest BCUT2D eigenvalue weighted by Crippen LogP contribution is 2.26. The topological polar surface area (TPSA) is 41.8 Å². The van der Waals surface area contributed by atoms with E-state index in [-0.39, 0.29) is 17.9 Å². The number of carbonyl (C=O) groups excluding carboxylic acids is 2. The maximum atomic E-state index is 12.9. The van der Waals surface area contributed by atoms with Crippen molar-refractivity contribution < 1.29 is 14.5 Å². The van der Waals surface area contributed by atoms with E-state index in [0.717, 1.165) is 31.5 Å². The molecule has 2 saturated heterocycles. The number of hydrogen-bond donors (Lipinski definition) is 1. The summed E-state index contributed by atoms with van der Waals surface area (Å²) in [6.45, 7) is 3.90. The van der Waals surface area contributed by atoms with Crippen LogP contribution in [0.15, 0.2) is 54.6 Å². The molecule has 134 valence electrons. The highest BCUT2D eigenvalue weighted by atomic mass is 16.2. The predicted octanol–water partition coefficient (Wildman–Crippen LogP) is 2.09. The van der Waals surface area contributed by atoms with Gasteiger partial charge in [-0.15, -0.1) is 0 Å². The molecule has 0 bridgehead atoms. The number of amides is 2. The maximum absolute atomic E-state index is 12.9. The van der Waals surface area contributed by atoms with E-state index in [4.69, 9.17) is 0 Å². The number of piperidine rings is 1. The van der Waals surface area contributed by atoms with Crippen LogP contribution in [0.3, 0.4) is 0 Å². The van der Waals surface area contributed by atoms with Crippen molar-refractivity contribution >= 4 is 17.5 Å². The number of quaternary nitrogens is 1. The SMILES string of the molecule is Cc1ccc(N2C(=O)C[C@@H]([NH+]3CCC(c4ccccc4)CC3)C2=O)cc1. The minimum Gasteiger partial charge on any atom is -0.324 e. The molecule has 1 atom stereocenters. The van der Waals surface area contributed by atoms with Crippen molar-refractivity contribution in [2.75, 3.05) is 18.0 Å². The van der Waals surface area contributed by atoms with Crippen molar-refractivity contribution in [1.29, 1.82) is 0 Å². The number of anilines is 1. The van der Waals surface area contributed by atoms with Crippen LogP contribution < -0.4 is 9.80 Å². The Labute approximate surface area is 154 Å². The van der Waals surface area contributed by atoms with Gasteiger partial charge in [-0.2, -0.15) is 0 Å². The van der Waals surface area contributed by atoms with Gasteiger partial charge in [-0.05, 0) is 30.5 Å². The van der Waals surface area contributed by atoms with Gasteiger partial charge in [0.15, 0.2) is 6.04 Å². The Kier molecular flexibility index (Phi) is 4.60. The summed E-state index contributed by atoms with van der Waals surface area (Å²) in [5.74, 6) is 0.467. The molecule has 4 rings (SSSR count). The molecule has 2 amide bonds. The van der Waals surface area contributed by atoms with Gasteiger partial charge in [0.25, 0.3) is 5.91 Å². The van der Waals surface area contributed by atoms with E-state index >= 15 is 0 Å². The second kappa shape index (κ2) is 7.04. The number of rotatable bonds is 3. The fourth-order valence-corrected chi connectivity index (χ4v) is 4.31. The van der Waals surface area contributed by atoms with Crippen LogP contribution in [0.4, 0.5) is 5.69 Å². The lowest BCUT2D eigenvalue weighted by Crippen LogP contribution is -3.17. The normalized spacial score (nSPS) is 26.3. The third-order valence-corrected chi connectivity index (χ3v) is 5.83. The molecule has 1 N–H and O–H groups in total. The molecule has 0 unspecified atom stereocenters. The molecule has 2 heterocycles. The average Bonchev–Trinajstić information content (AvgIpc) is 2.98. The highest BCUT2D eigenvalue weighted by molar-refractivity contribution is 6.21. The van der Waals surface area contributed by atoms with Crippen LogP contribution in [0.2, 0.25) is 0 Å². The Morgan fingerprint density at radius 3 is 2.23 bits per heavy atom. The van der Waals surface area contributed by atoms with Crippen LogP contribution in [0.25, 0.3) is 0 Å². The van der Waals surface area contributed by atoms with E-state index in [1.54, 1.807) is 0 Å². The van der Waals surface area contributed by atoms with Gasteiger partial charge in [0, 0.05) is 12.8 Å². The van der Waals surface area contributed by atoms with Gasteiger partial charge < -0.3 is 4.90 Å². The quantitative estimate of drug-likeness (QED) is 0.862. The molecule has 26 heavy (non-hydrogen) atoms. The van der Waals surface area contributed by atoms with Gasteiger partial charge in [0.1, 0.15) is 0 Å². The minimum absolute atomic E-state index is 0.0352. The van der Waals surface area contributed by atoms with Crippen LogP contribution >= 0.6 is 0 Å². The largest absolute Gasteiger partial charge is 0.324 e. The fourth-order valence-electron chi connectivity index (χ4n) is 4.31. The van der Waals surface area contributed by atoms with Crippen LogP contribution in [0.1, 0.15) is 36.3 Å². The van der Waals surface area contributed by atoms with Gasteiger partial charge in [-0.3, -0.25) is 9.59 Å². The number of imide groups is 1. The summed E-state index contributed by atoms with van der Waals surface area (Å²) in [5, 5.41) is 0. The first-order valence-electron chi connectivity index (χ1n) is 9.46. The van der Waals surface area contributed by atoms with Crippen LogP contribution in [-0.2, 0) is 9.59 Å². The number of nitrogens with zero attached hydrogens (tertiary/aromatic N) is 1. The van der Waals surface area contributed by atoms with Crippen molar-refractivity contribution in [3.05, 3.63) is 65.7 Å². The van der Waals surface area contributed by atoms with E-state index in [0.29, 0.717) is 18.0 Å². The van der Waals surface area contributed by atoms with Crippen molar-refractivity contribution in [2.24, 2.45) is 0 Å². The lowest BCUT2D eigenvalue weighted by Gasteiger charge is -2.32. The number of hydrogen-bond acceptors (Lipinski definition) is 2. The molecule has 2 aromatic carbocycles. The van der Waals surface area contributed by atoms with Crippen LogP contribution in [-0.4, -0.2) is 30.9 Å². The summed E-state index contributed by atoms with van der Waals surface area (Å²) in [6.07, 6.45) is 2.47. The Hall–Kier alpha value is -2.46. The number of nitrogens with one attached hydrogen (secondary N) is 1. The molecular formula is C22H25N2O2+. The summed E-state index contributed by atoms with van der Waals surface area (Å²) < 4.78 is 0. The van der Waals surface area contributed by atoms with Gasteiger partial charge in [0.05, 0.1) is 25.2 Å². The second-order valence-corrected chi connectivity index (χ2v) is 7.50. The monoisotopic (exact) mass is 349 g/mol. The van der Waals surface area contributed by atoms with Crippen molar-refractivity contribution in [1.82, 2.24) is 0 Å². The smallest absolute Gasteiger partial charge is 0.292 e. The highest BCUT2D eigenvalue weighted by Gasteiger charge is 2.46. The third-order valence-electron chi connectivity index (χ3n) is 5.83.